The maximum atomic E-state index is 13.0. The Hall–Kier alpha value is -3.88. The second-order valence-electron chi connectivity index (χ2n) is 11.9. The summed E-state index contributed by atoms with van der Waals surface area (Å²) in [7, 11) is 0. The van der Waals surface area contributed by atoms with E-state index < -0.39 is 47.2 Å². The van der Waals surface area contributed by atoms with Crippen LogP contribution < -0.4 is 10.6 Å². The van der Waals surface area contributed by atoms with Crippen molar-refractivity contribution >= 4 is 23.9 Å². The van der Waals surface area contributed by atoms with Gasteiger partial charge in [0.2, 0.25) is 5.91 Å². The molecule has 0 spiro atoms. The zero-order valence-corrected chi connectivity index (χ0v) is 24.3. The molecule has 1 aliphatic carbocycles. The summed E-state index contributed by atoms with van der Waals surface area (Å²) in [6, 6.07) is 14.0. The molecule has 3 rings (SSSR count). The Morgan fingerprint density at radius 1 is 0.800 bits per heavy atom. The van der Waals surface area contributed by atoms with Gasteiger partial charge in [0.1, 0.15) is 29.9 Å². The molecule has 0 aromatic heterocycles. The number of fused-ring (bicyclic) bond motifs is 3. The maximum Gasteiger partial charge on any atom is 0.408 e. The molecule has 9 nitrogen and oxygen atoms in total. The minimum Gasteiger partial charge on any atom is -0.465 e. The highest BCUT2D eigenvalue weighted by molar-refractivity contribution is 5.90. The van der Waals surface area contributed by atoms with Crippen molar-refractivity contribution < 1.29 is 33.4 Å². The van der Waals surface area contributed by atoms with Crippen LogP contribution in [0.4, 0.5) is 4.79 Å². The van der Waals surface area contributed by atoms with E-state index in [9.17, 15) is 19.2 Å². The summed E-state index contributed by atoms with van der Waals surface area (Å²) in [5.41, 5.74) is 2.91. The van der Waals surface area contributed by atoms with Gasteiger partial charge in [-0.25, -0.2) is 9.59 Å². The third-order valence-electron chi connectivity index (χ3n) is 6.14. The summed E-state index contributed by atoms with van der Waals surface area (Å²) >= 11 is 0. The first-order chi connectivity index (χ1) is 18.6. The van der Waals surface area contributed by atoms with Crippen LogP contribution in [0, 0.1) is 0 Å². The molecule has 0 saturated carbocycles. The molecule has 0 saturated heterocycles. The molecule has 2 unspecified atom stereocenters. The summed E-state index contributed by atoms with van der Waals surface area (Å²) in [4.78, 5) is 50.6. The highest BCUT2D eigenvalue weighted by Gasteiger charge is 2.31. The van der Waals surface area contributed by atoms with E-state index in [1.54, 1.807) is 41.5 Å². The summed E-state index contributed by atoms with van der Waals surface area (Å²) in [6.45, 7) is 11.9. The summed E-state index contributed by atoms with van der Waals surface area (Å²) < 4.78 is 16.2. The van der Waals surface area contributed by atoms with Crippen LogP contribution in [0.1, 0.15) is 78.4 Å². The number of carbonyl (C=O) groups is 4. The van der Waals surface area contributed by atoms with Gasteiger partial charge in [-0.2, -0.15) is 0 Å². The molecule has 216 valence electrons. The molecule has 2 amide bonds. The van der Waals surface area contributed by atoms with Crippen LogP contribution in [-0.2, 0) is 28.6 Å². The van der Waals surface area contributed by atoms with E-state index in [0.717, 1.165) is 22.3 Å². The van der Waals surface area contributed by atoms with Crippen LogP contribution in [0.3, 0.4) is 0 Å². The first kappa shape index (κ1) is 30.7. The Bertz CT molecular complexity index is 1200. The highest BCUT2D eigenvalue weighted by Crippen LogP contribution is 2.44. The molecule has 2 aromatic carbocycles. The van der Waals surface area contributed by atoms with Crippen LogP contribution in [0.15, 0.2) is 48.5 Å². The largest absolute Gasteiger partial charge is 0.465 e. The average molecular weight is 553 g/mol. The fourth-order valence-corrected chi connectivity index (χ4v) is 4.43. The second kappa shape index (κ2) is 12.5. The molecule has 0 fully saturated rings. The lowest BCUT2D eigenvalue weighted by Gasteiger charge is -2.25. The standard InChI is InChI=1S/C31H40N2O7/c1-19(28(36)39-30(2,3)4)32-27(35)25(33-29(37)40-31(5,6)7)16-17-26(34)38-18-24-22-14-10-8-12-20(22)21-13-9-11-15-23(21)24/h8-15,19,24-25H,16-18H2,1-7H3,(H,32,35)(H,33,37). The predicted molar refractivity (Wildman–Crippen MR) is 151 cm³/mol. The normalized spacial score (nSPS) is 14.3. The van der Waals surface area contributed by atoms with Gasteiger partial charge in [-0.1, -0.05) is 48.5 Å². The van der Waals surface area contributed by atoms with Crippen molar-refractivity contribution in [3.05, 3.63) is 59.7 Å². The van der Waals surface area contributed by atoms with Gasteiger partial charge < -0.3 is 24.8 Å². The van der Waals surface area contributed by atoms with E-state index in [0.29, 0.717) is 0 Å². The average Bonchev–Trinajstić information content (AvgIpc) is 3.16. The van der Waals surface area contributed by atoms with Crippen LogP contribution >= 0.6 is 0 Å². The number of nitrogens with one attached hydrogen (secondary N) is 2. The fraction of sp³-hybridized carbons (Fsp3) is 0.484. The Morgan fingerprint density at radius 2 is 1.32 bits per heavy atom. The van der Waals surface area contributed by atoms with Crippen molar-refractivity contribution in [2.75, 3.05) is 6.61 Å². The molecule has 0 bridgehead atoms. The van der Waals surface area contributed by atoms with Gasteiger partial charge in [0.25, 0.3) is 0 Å². The number of rotatable bonds is 9. The zero-order valence-electron chi connectivity index (χ0n) is 24.3. The number of alkyl carbamates (subject to hydrolysis) is 1. The SMILES string of the molecule is CC(NC(=O)C(CCC(=O)OCC1c2ccccc2-c2ccccc21)NC(=O)OC(C)(C)C)C(=O)OC(C)(C)C. The van der Waals surface area contributed by atoms with E-state index in [2.05, 4.69) is 22.8 Å². The Balaban J connectivity index is 1.63. The van der Waals surface area contributed by atoms with Gasteiger partial charge >= 0.3 is 18.0 Å². The van der Waals surface area contributed by atoms with E-state index in [-0.39, 0.29) is 25.4 Å². The quantitative estimate of drug-likeness (QED) is 0.337. The number of hydrogen-bond acceptors (Lipinski definition) is 7. The number of ether oxygens (including phenoxy) is 3. The topological polar surface area (TPSA) is 120 Å². The number of benzene rings is 2. The van der Waals surface area contributed by atoms with E-state index in [4.69, 9.17) is 14.2 Å². The van der Waals surface area contributed by atoms with Crippen LogP contribution in [-0.4, -0.2) is 53.8 Å². The fourth-order valence-electron chi connectivity index (χ4n) is 4.43. The Morgan fingerprint density at radius 3 is 1.85 bits per heavy atom. The molecule has 40 heavy (non-hydrogen) atoms. The first-order valence-electron chi connectivity index (χ1n) is 13.5. The zero-order chi connectivity index (χ0) is 29.7. The van der Waals surface area contributed by atoms with Crippen molar-refractivity contribution in [3.63, 3.8) is 0 Å². The lowest BCUT2D eigenvalue weighted by atomic mass is 9.98. The number of esters is 2. The molecule has 9 heteroatoms. The molecule has 1 aliphatic rings. The molecular weight excluding hydrogens is 512 g/mol. The minimum absolute atomic E-state index is 0.0528. The minimum atomic E-state index is -1.14. The molecule has 0 heterocycles. The maximum absolute atomic E-state index is 13.0. The predicted octanol–water partition coefficient (Wildman–Crippen LogP) is 4.86. The van der Waals surface area contributed by atoms with Gasteiger partial charge in [0.15, 0.2) is 0 Å². The van der Waals surface area contributed by atoms with E-state index in [1.807, 2.05) is 36.4 Å². The van der Waals surface area contributed by atoms with Crippen molar-refractivity contribution in [1.29, 1.82) is 0 Å². The van der Waals surface area contributed by atoms with E-state index >= 15 is 0 Å². The third-order valence-corrected chi connectivity index (χ3v) is 6.14. The highest BCUT2D eigenvalue weighted by atomic mass is 16.6. The molecule has 0 radical (unpaired) electrons. The van der Waals surface area contributed by atoms with Crippen molar-refractivity contribution in [2.45, 2.75) is 90.5 Å². The molecule has 2 atom stereocenters. The first-order valence-corrected chi connectivity index (χ1v) is 13.5. The summed E-state index contributed by atoms with van der Waals surface area (Å²) in [5.74, 6) is -1.86. The van der Waals surface area contributed by atoms with Gasteiger partial charge in [0, 0.05) is 12.3 Å². The van der Waals surface area contributed by atoms with Crippen LogP contribution in [0.5, 0.6) is 0 Å². The van der Waals surface area contributed by atoms with Gasteiger partial charge in [-0.3, -0.25) is 9.59 Å². The van der Waals surface area contributed by atoms with Crippen LogP contribution in [0.25, 0.3) is 11.1 Å². The number of carbonyl (C=O) groups excluding carboxylic acids is 4. The van der Waals surface area contributed by atoms with Crippen molar-refractivity contribution in [2.24, 2.45) is 0 Å². The lowest BCUT2D eigenvalue weighted by Crippen LogP contribution is -2.52. The monoisotopic (exact) mass is 552 g/mol. The molecule has 2 aromatic rings. The van der Waals surface area contributed by atoms with Gasteiger partial charge in [-0.15, -0.1) is 0 Å². The van der Waals surface area contributed by atoms with Gasteiger partial charge in [-0.05, 0) is 77.1 Å². The third kappa shape index (κ3) is 8.56. The summed E-state index contributed by atoms with van der Waals surface area (Å²) in [5, 5.41) is 5.07. The smallest absolute Gasteiger partial charge is 0.408 e. The van der Waals surface area contributed by atoms with Crippen LogP contribution in [0.2, 0.25) is 0 Å². The Kier molecular flexibility index (Phi) is 9.60. The summed E-state index contributed by atoms with van der Waals surface area (Å²) in [6.07, 6.45) is -1.00. The van der Waals surface area contributed by atoms with Crippen molar-refractivity contribution in [1.82, 2.24) is 10.6 Å². The number of hydrogen-bond donors (Lipinski definition) is 2. The molecule has 0 aliphatic heterocycles. The van der Waals surface area contributed by atoms with Crippen molar-refractivity contribution in [3.8, 4) is 11.1 Å². The Labute approximate surface area is 236 Å². The van der Waals surface area contributed by atoms with Gasteiger partial charge in [0.05, 0.1) is 0 Å². The molecule has 2 N–H and O–H groups in total. The van der Waals surface area contributed by atoms with E-state index in [1.165, 1.54) is 6.92 Å². The molecular formula is C31H40N2O7. The number of amides is 2. The lowest BCUT2D eigenvalue weighted by molar-refractivity contribution is -0.158. The second-order valence-corrected chi connectivity index (χ2v) is 11.9.